The van der Waals surface area contributed by atoms with Crippen LogP contribution in [0.2, 0.25) is 10.0 Å². The summed E-state index contributed by atoms with van der Waals surface area (Å²) in [6.07, 6.45) is 3.47. The van der Waals surface area contributed by atoms with E-state index < -0.39 is 5.97 Å². The maximum atomic E-state index is 11.8. The van der Waals surface area contributed by atoms with Gasteiger partial charge in [0.2, 0.25) is 0 Å². The van der Waals surface area contributed by atoms with Crippen LogP contribution in [0.15, 0.2) is 18.5 Å². The molecule has 0 aliphatic carbocycles. The smallest absolute Gasteiger partial charge is 0.341 e. The Morgan fingerprint density at radius 2 is 2.00 bits per heavy atom. The lowest BCUT2D eigenvalue weighted by Crippen LogP contribution is -2.11. The third-order valence-electron chi connectivity index (χ3n) is 2.72. The first kappa shape index (κ1) is 15.7. The lowest BCUT2D eigenvalue weighted by Gasteiger charge is -2.08. The Hall–Kier alpha value is -1.72. The van der Waals surface area contributed by atoms with Gasteiger partial charge in [-0.15, -0.1) is 0 Å². The highest BCUT2D eigenvalue weighted by atomic mass is 35.5. The van der Waals surface area contributed by atoms with Gasteiger partial charge in [-0.1, -0.05) is 30.1 Å². The standard InChI is InChI=1S/C14H13Cl2N3O2/c1-3-11-9(14(20)21-4-2)7-18-13(19-11)12-10(16)5-8(15)6-17-12/h5-7H,3-4H2,1-2H3. The van der Waals surface area contributed by atoms with E-state index in [4.69, 9.17) is 27.9 Å². The summed E-state index contributed by atoms with van der Waals surface area (Å²) in [5.74, 6) is -0.0855. The molecule has 0 bridgehead atoms. The second-order valence-corrected chi connectivity index (χ2v) is 4.96. The van der Waals surface area contributed by atoms with Crippen molar-refractivity contribution in [1.29, 1.82) is 0 Å². The lowest BCUT2D eigenvalue weighted by molar-refractivity contribution is 0.0524. The quantitative estimate of drug-likeness (QED) is 0.804. The molecular formula is C14H13Cl2N3O2. The van der Waals surface area contributed by atoms with Crippen LogP contribution in [-0.4, -0.2) is 27.5 Å². The molecule has 0 saturated heterocycles. The van der Waals surface area contributed by atoms with E-state index in [0.29, 0.717) is 45.8 Å². The molecule has 0 amide bonds. The molecule has 0 aliphatic heterocycles. The molecule has 2 aromatic rings. The number of aryl methyl sites for hydroxylation is 1. The lowest BCUT2D eigenvalue weighted by atomic mass is 10.2. The van der Waals surface area contributed by atoms with E-state index in [1.54, 1.807) is 13.0 Å². The zero-order valence-electron chi connectivity index (χ0n) is 11.6. The predicted molar refractivity (Wildman–Crippen MR) is 80.6 cm³/mol. The third-order valence-corrected chi connectivity index (χ3v) is 3.21. The van der Waals surface area contributed by atoms with E-state index in [1.807, 2.05) is 6.92 Å². The minimum absolute atomic E-state index is 0.300. The van der Waals surface area contributed by atoms with Crippen LogP contribution < -0.4 is 0 Å². The fraction of sp³-hybridized carbons (Fsp3) is 0.286. The van der Waals surface area contributed by atoms with Gasteiger partial charge in [-0.05, 0) is 19.4 Å². The number of hydrogen-bond donors (Lipinski definition) is 0. The van der Waals surface area contributed by atoms with E-state index in [2.05, 4.69) is 15.0 Å². The Bertz CT molecular complexity index is 677. The SMILES string of the molecule is CCOC(=O)c1cnc(-c2ncc(Cl)cc2Cl)nc1CC. The molecule has 2 aromatic heterocycles. The number of carbonyl (C=O) groups excluding carboxylic acids is 1. The number of nitrogens with zero attached hydrogens (tertiary/aromatic N) is 3. The van der Waals surface area contributed by atoms with Gasteiger partial charge in [0.15, 0.2) is 5.82 Å². The Kier molecular flexibility index (Phi) is 5.09. The maximum absolute atomic E-state index is 11.8. The highest BCUT2D eigenvalue weighted by Gasteiger charge is 2.17. The van der Waals surface area contributed by atoms with Gasteiger partial charge in [0, 0.05) is 12.4 Å². The number of carbonyl (C=O) groups is 1. The minimum Gasteiger partial charge on any atom is -0.462 e. The van der Waals surface area contributed by atoms with E-state index in [9.17, 15) is 4.79 Å². The van der Waals surface area contributed by atoms with Crippen LogP contribution in [0.25, 0.3) is 11.5 Å². The molecule has 0 fully saturated rings. The number of halogens is 2. The van der Waals surface area contributed by atoms with Crippen LogP contribution in [0.4, 0.5) is 0 Å². The van der Waals surface area contributed by atoms with Crippen molar-refractivity contribution in [1.82, 2.24) is 15.0 Å². The Labute approximate surface area is 132 Å². The molecule has 21 heavy (non-hydrogen) atoms. The number of esters is 1. The van der Waals surface area contributed by atoms with Gasteiger partial charge in [-0.2, -0.15) is 0 Å². The van der Waals surface area contributed by atoms with E-state index >= 15 is 0 Å². The van der Waals surface area contributed by atoms with Crippen LogP contribution in [0.3, 0.4) is 0 Å². The van der Waals surface area contributed by atoms with Crippen LogP contribution in [-0.2, 0) is 11.2 Å². The molecule has 110 valence electrons. The number of pyridine rings is 1. The largest absolute Gasteiger partial charge is 0.462 e. The number of hydrogen-bond acceptors (Lipinski definition) is 5. The van der Waals surface area contributed by atoms with Gasteiger partial charge in [-0.25, -0.2) is 19.7 Å². The summed E-state index contributed by atoms with van der Waals surface area (Å²) in [6, 6.07) is 1.57. The first-order chi connectivity index (χ1) is 10.1. The van der Waals surface area contributed by atoms with Crippen LogP contribution in [0, 0.1) is 0 Å². The summed E-state index contributed by atoms with van der Waals surface area (Å²) in [5, 5.41) is 0.788. The molecule has 2 rings (SSSR count). The monoisotopic (exact) mass is 325 g/mol. The number of rotatable bonds is 4. The van der Waals surface area contributed by atoms with Crippen LogP contribution in [0.1, 0.15) is 29.9 Å². The van der Waals surface area contributed by atoms with Crippen molar-refractivity contribution >= 4 is 29.2 Å². The van der Waals surface area contributed by atoms with Crippen molar-refractivity contribution in [3.8, 4) is 11.5 Å². The summed E-state index contributed by atoms with van der Waals surface area (Å²) >= 11 is 11.9. The van der Waals surface area contributed by atoms with Gasteiger partial charge in [0.1, 0.15) is 5.69 Å². The molecule has 0 radical (unpaired) electrons. The molecule has 2 heterocycles. The maximum Gasteiger partial charge on any atom is 0.341 e. The van der Waals surface area contributed by atoms with E-state index in [-0.39, 0.29) is 0 Å². The molecule has 0 unspecified atom stereocenters. The van der Waals surface area contributed by atoms with E-state index in [0.717, 1.165) is 0 Å². The third kappa shape index (κ3) is 3.49. The van der Waals surface area contributed by atoms with Gasteiger partial charge >= 0.3 is 5.97 Å². The van der Waals surface area contributed by atoms with Crippen molar-refractivity contribution < 1.29 is 9.53 Å². The zero-order chi connectivity index (χ0) is 15.4. The molecule has 0 aliphatic rings. The average Bonchev–Trinajstić information content (AvgIpc) is 2.47. The van der Waals surface area contributed by atoms with Crippen molar-refractivity contribution in [3.63, 3.8) is 0 Å². The highest BCUT2D eigenvalue weighted by molar-refractivity contribution is 6.35. The van der Waals surface area contributed by atoms with Crippen LogP contribution in [0.5, 0.6) is 0 Å². The second-order valence-electron chi connectivity index (χ2n) is 4.11. The molecule has 7 heteroatoms. The topological polar surface area (TPSA) is 65.0 Å². The normalized spacial score (nSPS) is 10.5. The summed E-state index contributed by atoms with van der Waals surface area (Å²) in [6.45, 7) is 3.94. The summed E-state index contributed by atoms with van der Waals surface area (Å²) in [7, 11) is 0. The zero-order valence-corrected chi connectivity index (χ0v) is 13.1. The van der Waals surface area contributed by atoms with Gasteiger partial charge in [0.05, 0.1) is 27.9 Å². The van der Waals surface area contributed by atoms with Crippen molar-refractivity contribution in [2.45, 2.75) is 20.3 Å². The Morgan fingerprint density at radius 3 is 2.62 bits per heavy atom. The molecule has 0 atom stereocenters. The molecular weight excluding hydrogens is 313 g/mol. The Balaban J connectivity index is 2.45. The number of aromatic nitrogens is 3. The predicted octanol–water partition coefficient (Wildman–Crippen LogP) is 3.58. The van der Waals surface area contributed by atoms with Gasteiger partial charge < -0.3 is 4.74 Å². The van der Waals surface area contributed by atoms with Gasteiger partial charge in [-0.3, -0.25) is 0 Å². The fourth-order valence-electron chi connectivity index (χ4n) is 1.76. The molecule has 0 saturated carbocycles. The van der Waals surface area contributed by atoms with Crippen molar-refractivity contribution in [3.05, 3.63) is 39.8 Å². The summed E-state index contributed by atoms with van der Waals surface area (Å²) < 4.78 is 4.98. The summed E-state index contributed by atoms with van der Waals surface area (Å²) in [5.41, 5.74) is 1.37. The molecule has 0 N–H and O–H groups in total. The van der Waals surface area contributed by atoms with Crippen molar-refractivity contribution in [2.24, 2.45) is 0 Å². The highest BCUT2D eigenvalue weighted by Crippen LogP contribution is 2.26. The first-order valence-corrected chi connectivity index (χ1v) is 7.16. The molecule has 0 spiro atoms. The van der Waals surface area contributed by atoms with E-state index in [1.165, 1.54) is 12.4 Å². The first-order valence-electron chi connectivity index (χ1n) is 6.41. The molecule has 0 aromatic carbocycles. The number of ether oxygens (including phenoxy) is 1. The van der Waals surface area contributed by atoms with Crippen molar-refractivity contribution in [2.75, 3.05) is 6.61 Å². The Morgan fingerprint density at radius 1 is 1.24 bits per heavy atom. The average molecular weight is 326 g/mol. The van der Waals surface area contributed by atoms with Crippen LogP contribution >= 0.6 is 23.2 Å². The fourth-order valence-corrected chi connectivity index (χ4v) is 2.22. The summed E-state index contributed by atoms with van der Waals surface area (Å²) in [4.78, 5) is 24.5. The minimum atomic E-state index is -0.434. The van der Waals surface area contributed by atoms with Gasteiger partial charge in [0.25, 0.3) is 0 Å². The second kappa shape index (κ2) is 6.83. The molecule has 5 nitrogen and oxygen atoms in total.